The SMILES string of the molecule is CN=CC1=C(N)c2ccc(F)cc2C(C)Oc2cc(cnc2N)-c2c(CC(F)F)nn(C)c2C1. The number of ether oxygens (including phenoxy) is 1. The van der Waals surface area contributed by atoms with E-state index in [2.05, 4.69) is 15.1 Å². The van der Waals surface area contributed by atoms with Gasteiger partial charge in [-0.2, -0.15) is 5.10 Å². The Hall–Kier alpha value is -3.82. The highest BCUT2D eigenvalue weighted by atomic mass is 19.3. The molecule has 0 radical (unpaired) electrons. The Kier molecular flexibility index (Phi) is 6.32. The fraction of sp³-hybridized carbons (Fsp3) is 0.292. The lowest BCUT2D eigenvalue weighted by molar-refractivity contribution is 0.148. The zero-order valence-electron chi connectivity index (χ0n) is 19.0. The van der Waals surface area contributed by atoms with Crippen molar-refractivity contribution >= 4 is 17.7 Å². The van der Waals surface area contributed by atoms with E-state index in [1.54, 1.807) is 44.0 Å². The molecule has 4 N–H and O–H groups in total. The molecule has 1 aliphatic heterocycles. The molecule has 1 aliphatic rings. The van der Waals surface area contributed by atoms with Crippen molar-refractivity contribution < 1.29 is 17.9 Å². The summed E-state index contributed by atoms with van der Waals surface area (Å²) < 4.78 is 48.6. The summed E-state index contributed by atoms with van der Waals surface area (Å²) in [4.78, 5) is 8.36. The molecule has 3 aromatic rings. The molecule has 0 fully saturated rings. The van der Waals surface area contributed by atoms with Crippen LogP contribution in [-0.2, 0) is 19.9 Å². The molecule has 10 heteroatoms. The summed E-state index contributed by atoms with van der Waals surface area (Å²) in [6.07, 6.45) is -0.401. The van der Waals surface area contributed by atoms with Crippen LogP contribution in [0.3, 0.4) is 0 Å². The summed E-state index contributed by atoms with van der Waals surface area (Å²) in [5, 5.41) is 4.37. The van der Waals surface area contributed by atoms with Gasteiger partial charge in [-0.05, 0) is 36.8 Å². The van der Waals surface area contributed by atoms with Crippen LogP contribution < -0.4 is 16.2 Å². The number of aromatic nitrogens is 3. The van der Waals surface area contributed by atoms with Gasteiger partial charge < -0.3 is 16.2 Å². The smallest absolute Gasteiger partial charge is 0.244 e. The summed E-state index contributed by atoms with van der Waals surface area (Å²) in [5.74, 6) is -0.0736. The van der Waals surface area contributed by atoms with E-state index in [1.807, 2.05) is 0 Å². The van der Waals surface area contributed by atoms with E-state index in [-0.39, 0.29) is 23.7 Å². The number of nitrogens with two attached hydrogens (primary N) is 2. The Morgan fingerprint density at radius 1 is 1.29 bits per heavy atom. The summed E-state index contributed by atoms with van der Waals surface area (Å²) in [7, 11) is 3.29. The van der Waals surface area contributed by atoms with Crippen molar-refractivity contribution in [1.29, 1.82) is 0 Å². The lowest BCUT2D eigenvalue weighted by atomic mass is 9.93. The number of hydrogen-bond acceptors (Lipinski definition) is 6. The van der Waals surface area contributed by atoms with Crippen LogP contribution in [-0.4, -0.2) is 34.5 Å². The van der Waals surface area contributed by atoms with Gasteiger partial charge in [0.15, 0.2) is 11.6 Å². The molecule has 0 amide bonds. The van der Waals surface area contributed by atoms with Gasteiger partial charge in [-0.25, -0.2) is 18.2 Å². The quantitative estimate of drug-likeness (QED) is 0.562. The molecule has 2 aromatic heterocycles. The fourth-order valence-electron chi connectivity index (χ4n) is 4.22. The van der Waals surface area contributed by atoms with Gasteiger partial charge in [0, 0.05) is 60.9 Å². The van der Waals surface area contributed by atoms with Crippen LogP contribution in [0.15, 0.2) is 41.0 Å². The average molecular weight is 470 g/mol. The van der Waals surface area contributed by atoms with Crippen molar-refractivity contribution in [2.75, 3.05) is 12.8 Å². The number of aryl methyl sites for hydroxylation is 1. The van der Waals surface area contributed by atoms with Gasteiger partial charge in [-0.1, -0.05) is 0 Å². The first-order valence-corrected chi connectivity index (χ1v) is 10.7. The first-order valence-electron chi connectivity index (χ1n) is 10.7. The van der Waals surface area contributed by atoms with E-state index in [1.165, 1.54) is 18.3 Å². The Morgan fingerprint density at radius 2 is 2.06 bits per heavy atom. The molecule has 0 saturated carbocycles. The van der Waals surface area contributed by atoms with Gasteiger partial charge in [0.1, 0.15) is 11.9 Å². The highest BCUT2D eigenvalue weighted by Gasteiger charge is 2.25. The number of pyridine rings is 1. The number of hydrogen-bond donors (Lipinski definition) is 2. The molecule has 1 unspecified atom stereocenters. The van der Waals surface area contributed by atoms with Gasteiger partial charge in [-0.3, -0.25) is 9.67 Å². The first-order chi connectivity index (χ1) is 16.2. The van der Waals surface area contributed by atoms with Gasteiger partial charge in [0.05, 0.1) is 17.8 Å². The molecule has 4 rings (SSSR count). The number of halogens is 3. The summed E-state index contributed by atoms with van der Waals surface area (Å²) in [6.45, 7) is 1.74. The van der Waals surface area contributed by atoms with Crippen molar-refractivity contribution in [3.63, 3.8) is 0 Å². The van der Waals surface area contributed by atoms with Crippen LogP contribution in [0, 0.1) is 5.82 Å². The predicted molar refractivity (Wildman–Crippen MR) is 125 cm³/mol. The maximum Gasteiger partial charge on any atom is 0.244 e. The molecule has 1 atom stereocenters. The minimum atomic E-state index is -2.59. The number of nitrogen functional groups attached to an aromatic ring is 1. The third-order valence-corrected chi connectivity index (χ3v) is 5.79. The Balaban J connectivity index is 2.05. The van der Waals surface area contributed by atoms with E-state index < -0.39 is 24.8 Å². The number of alkyl halides is 2. The minimum Gasteiger partial charge on any atom is -0.482 e. The highest BCUT2D eigenvalue weighted by molar-refractivity contribution is 5.91. The lowest BCUT2D eigenvalue weighted by Crippen LogP contribution is -2.14. The van der Waals surface area contributed by atoms with Crippen LogP contribution in [0.25, 0.3) is 16.8 Å². The number of allylic oxidation sites excluding steroid dienone is 1. The zero-order valence-corrected chi connectivity index (χ0v) is 19.0. The Bertz CT molecular complexity index is 1300. The first kappa shape index (κ1) is 23.3. The zero-order chi connectivity index (χ0) is 24.6. The third kappa shape index (κ3) is 4.35. The largest absolute Gasteiger partial charge is 0.482 e. The Labute approximate surface area is 195 Å². The topological polar surface area (TPSA) is 104 Å². The summed E-state index contributed by atoms with van der Waals surface area (Å²) >= 11 is 0. The number of aliphatic imine (C=N–C) groups is 1. The molecule has 7 nitrogen and oxygen atoms in total. The Morgan fingerprint density at radius 3 is 2.76 bits per heavy atom. The van der Waals surface area contributed by atoms with Crippen molar-refractivity contribution in [2.45, 2.75) is 32.3 Å². The number of anilines is 1. The highest BCUT2D eigenvalue weighted by Crippen LogP contribution is 2.37. The van der Waals surface area contributed by atoms with Crippen LogP contribution in [0.5, 0.6) is 5.75 Å². The molecule has 0 saturated heterocycles. The monoisotopic (exact) mass is 470 g/mol. The van der Waals surface area contributed by atoms with Gasteiger partial charge in [-0.15, -0.1) is 0 Å². The molecular formula is C24H25F3N6O. The second kappa shape index (κ2) is 9.20. The second-order valence-electron chi connectivity index (χ2n) is 8.09. The second-order valence-corrected chi connectivity index (χ2v) is 8.09. The van der Waals surface area contributed by atoms with Crippen molar-refractivity contribution in [2.24, 2.45) is 17.8 Å². The fourth-order valence-corrected chi connectivity index (χ4v) is 4.22. The lowest BCUT2D eigenvalue weighted by Gasteiger charge is -2.22. The number of benzene rings is 1. The van der Waals surface area contributed by atoms with Gasteiger partial charge in [0.2, 0.25) is 6.43 Å². The molecule has 1 aromatic carbocycles. The predicted octanol–water partition coefficient (Wildman–Crippen LogP) is 4.08. The molecule has 2 bridgehead atoms. The molecule has 3 heterocycles. The third-order valence-electron chi connectivity index (χ3n) is 5.79. The van der Waals surface area contributed by atoms with Crippen molar-refractivity contribution in [1.82, 2.24) is 14.8 Å². The number of rotatable bonds is 3. The molecule has 0 spiro atoms. The van der Waals surface area contributed by atoms with Gasteiger partial charge >= 0.3 is 0 Å². The van der Waals surface area contributed by atoms with Crippen LogP contribution >= 0.6 is 0 Å². The van der Waals surface area contributed by atoms with E-state index in [0.717, 1.165) is 0 Å². The average Bonchev–Trinajstić information content (AvgIpc) is 3.07. The van der Waals surface area contributed by atoms with E-state index >= 15 is 0 Å². The summed E-state index contributed by atoms with van der Waals surface area (Å²) in [5.41, 5.74) is 16.6. The minimum absolute atomic E-state index is 0.119. The molecule has 34 heavy (non-hydrogen) atoms. The summed E-state index contributed by atoms with van der Waals surface area (Å²) in [6, 6.07) is 5.91. The van der Waals surface area contributed by atoms with Crippen molar-refractivity contribution in [3.8, 4) is 16.9 Å². The number of fused-ring (bicyclic) bond motifs is 5. The molecule has 0 aliphatic carbocycles. The van der Waals surface area contributed by atoms with Crippen LogP contribution in [0.4, 0.5) is 19.0 Å². The van der Waals surface area contributed by atoms with E-state index in [9.17, 15) is 13.2 Å². The maximum atomic E-state index is 14.2. The van der Waals surface area contributed by atoms with E-state index in [0.29, 0.717) is 39.2 Å². The van der Waals surface area contributed by atoms with E-state index in [4.69, 9.17) is 16.2 Å². The standard InChI is InChI=1S/C24H25F3N6O/c1-12-17-8-15(25)4-5-16(17)23(28)14(10-30-2)6-19-22(18(9-21(26)27)32-33(19)3)13-7-20(34-12)24(29)31-11-13/h4-5,7-8,10-12,21H,6,9,28H2,1-3H3,(H2,29,31). The normalized spacial score (nSPS) is 16.1. The molecular weight excluding hydrogens is 445 g/mol. The van der Waals surface area contributed by atoms with Crippen LogP contribution in [0.2, 0.25) is 0 Å². The number of nitrogens with zero attached hydrogens (tertiary/aromatic N) is 4. The van der Waals surface area contributed by atoms with Crippen molar-refractivity contribution in [3.05, 3.63) is 64.4 Å². The molecule has 178 valence electrons. The van der Waals surface area contributed by atoms with Crippen LogP contribution in [0.1, 0.15) is 35.5 Å². The maximum absolute atomic E-state index is 14.2. The van der Waals surface area contributed by atoms with Gasteiger partial charge in [0.25, 0.3) is 0 Å².